The molecule has 3 heteroatoms. The third-order valence-electron chi connectivity index (χ3n) is 2.26. The lowest BCUT2D eigenvalue weighted by Gasteiger charge is -2.11. The van der Waals surface area contributed by atoms with Crippen molar-refractivity contribution in [3.8, 4) is 0 Å². The van der Waals surface area contributed by atoms with E-state index < -0.39 is 5.97 Å². The van der Waals surface area contributed by atoms with Gasteiger partial charge in [-0.15, -0.1) is 0 Å². The van der Waals surface area contributed by atoms with Gasteiger partial charge in [0, 0.05) is 12.6 Å². The van der Waals surface area contributed by atoms with E-state index in [4.69, 9.17) is 5.11 Å². The van der Waals surface area contributed by atoms with Gasteiger partial charge in [-0.1, -0.05) is 29.8 Å². The van der Waals surface area contributed by atoms with E-state index in [1.807, 2.05) is 13.8 Å². The molecule has 1 aromatic rings. The van der Waals surface area contributed by atoms with E-state index in [0.29, 0.717) is 6.54 Å². The van der Waals surface area contributed by atoms with Crippen molar-refractivity contribution >= 4 is 5.97 Å². The molecule has 0 fully saturated rings. The van der Waals surface area contributed by atoms with E-state index in [1.165, 1.54) is 11.1 Å². The van der Waals surface area contributed by atoms with Gasteiger partial charge in [0.2, 0.25) is 0 Å². The molecular weight excluding hydrogens is 190 g/mol. The van der Waals surface area contributed by atoms with Crippen LogP contribution in [0.5, 0.6) is 0 Å². The summed E-state index contributed by atoms with van der Waals surface area (Å²) in [4.78, 5) is 10.4. The number of benzene rings is 1. The first-order valence-corrected chi connectivity index (χ1v) is 5.08. The SMILES string of the molecule is Cc1ccc(CN[C@@H](C)CC(=O)O)cc1. The van der Waals surface area contributed by atoms with Crippen molar-refractivity contribution in [3.05, 3.63) is 35.4 Å². The van der Waals surface area contributed by atoms with Crippen molar-refractivity contribution in [3.63, 3.8) is 0 Å². The normalized spacial score (nSPS) is 12.4. The highest BCUT2D eigenvalue weighted by Crippen LogP contribution is 2.03. The maximum atomic E-state index is 10.4. The Bertz CT molecular complexity index is 319. The lowest BCUT2D eigenvalue weighted by molar-refractivity contribution is -0.137. The molecule has 0 aromatic heterocycles. The second kappa shape index (κ2) is 5.51. The van der Waals surface area contributed by atoms with Gasteiger partial charge in [-0.25, -0.2) is 0 Å². The van der Waals surface area contributed by atoms with E-state index in [2.05, 4.69) is 29.6 Å². The highest BCUT2D eigenvalue weighted by Gasteiger charge is 2.06. The van der Waals surface area contributed by atoms with Gasteiger partial charge in [-0.05, 0) is 19.4 Å². The molecule has 1 atom stereocenters. The molecule has 0 saturated carbocycles. The van der Waals surface area contributed by atoms with E-state index >= 15 is 0 Å². The number of carbonyl (C=O) groups is 1. The summed E-state index contributed by atoms with van der Waals surface area (Å²) in [6.45, 7) is 4.64. The number of aliphatic carboxylic acids is 1. The van der Waals surface area contributed by atoms with E-state index in [1.54, 1.807) is 0 Å². The van der Waals surface area contributed by atoms with Crippen LogP contribution in [0.1, 0.15) is 24.5 Å². The second-order valence-electron chi connectivity index (χ2n) is 3.87. The Morgan fingerprint density at radius 2 is 2.00 bits per heavy atom. The van der Waals surface area contributed by atoms with Crippen molar-refractivity contribution in [2.45, 2.75) is 32.9 Å². The summed E-state index contributed by atoms with van der Waals surface area (Å²) in [6, 6.07) is 8.22. The minimum absolute atomic E-state index is 0.00352. The molecule has 3 nitrogen and oxygen atoms in total. The zero-order valence-corrected chi connectivity index (χ0v) is 9.16. The minimum atomic E-state index is -0.765. The average molecular weight is 207 g/mol. The highest BCUT2D eigenvalue weighted by atomic mass is 16.4. The topological polar surface area (TPSA) is 49.3 Å². The molecule has 0 bridgehead atoms. The minimum Gasteiger partial charge on any atom is -0.481 e. The van der Waals surface area contributed by atoms with Crippen LogP contribution >= 0.6 is 0 Å². The van der Waals surface area contributed by atoms with Crippen LogP contribution in [0.25, 0.3) is 0 Å². The first-order valence-electron chi connectivity index (χ1n) is 5.08. The van der Waals surface area contributed by atoms with Crippen molar-refractivity contribution in [1.82, 2.24) is 5.32 Å². The van der Waals surface area contributed by atoms with Crippen LogP contribution in [0.15, 0.2) is 24.3 Å². The van der Waals surface area contributed by atoms with Gasteiger partial charge in [0.05, 0.1) is 6.42 Å². The van der Waals surface area contributed by atoms with E-state index in [9.17, 15) is 4.79 Å². The summed E-state index contributed by atoms with van der Waals surface area (Å²) in [7, 11) is 0. The monoisotopic (exact) mass is 207 g/mol. The molecule has 15 heavy (non-hydrogen) atoms. The summed E-state index contributed by atoms with van der Waals surface area (Å²) >= 11 is 0. The first-order chi connectivity index (χ1) is 7.08. The molecule has 0 radical (unpaired) electrons. The van der Waals surface area contributed by atoms with Crippen LogP contribution in [-0.4, -0.2) is 17.1 Å². The Hall–Kier alpha value is -1.35. The van der Waals surface area contributed by atoms with Crippen molar-refractivity contribution in [2.24, 2.45) is 0 Å². The predicted molar refractivity (Wildman–Crippen MR) is 59.7 cm³/mol. The molecular formula is C12H17NO2. The van der Waals surface area contributed by atoms with Gasteiger partial charge < -0.3 is 10.4 Å². The smallest absolute Gasteiger partial charge is 0.304 e. The van der Waals surface area contributed by atoms with Gasteiger partial charge in [0.25, 0.3) is 0 Å². The molecule has 1 rings (SSSR count). The number of nitrogens with one attached hydrogen (secondary N) is 1. The molecule has 0 spiro atoms. The Kier molecular flexibility index (Phi) is 4.31. The molecule has 0 aliphatic rings. The molecule has 0 aliphatic carbocycles. The number of rotatable bonds is 5. The third kappa shape index (κ3) is 4.61. The first kappa shape index (κ1) is 11.7. The van der Waals surface area contributed by atoms with Crippen LogP contribution in [0.4, 0.5) is 0 Å². The van der Waals surface area contributed by atoms with Crippen LogP contribution in [-0.2, 0) is 11.3 Å². The Balaban J connectivity index is 2.36. The summed E-state index contributed by atoms with van der Waals surface area (Å²) in [5.41, 5.74) is 2.41. The van der Waals surface area contributed by atoms with Crippen molar-refractivity contribution in [2.75, 3.05) is 0 Å². The second-order valence-corrected chi connectivity index (χ2v) is 3.87. The molecule has 82 valence electrons. The zero-order chi connectivity index (χ0) is 11.3. The predicted octanol–water partition coefficient (Wildman–Crippen LogP) is 1.95. The fraction of sp³-hybridized carbons (Fsp3) is 0.417. The lowest BCUT2D eigenvalue weighted by Crippen LogP contribution is -2.27. The van der Waals surface area contributed by atoms with Gasteiger partial charge in [0.1, 0.15) is 0 Å². The Morgan fingerprint density at radius 3 is 2.53 bits per heavy atom. The molecule has 0 amide bonds. The summed E-state index contributed by atoms with van der Waals surface area (Å²) in [6.07, 6.45) is 0.159. The lowest BCUT2D eigenvalue weighted by atomic mass is 10.1. The van der Waals surface area contributed by atoms with Crippen LogP contribution in [0.2, 0.25) is 0 Å². The molecule has 0 unspecified atom stereocenters. The molecule has 0 aliphatic heterocycles. The Morgan fingerprint density at radius 1 is 1.40 bits per heavy atom. The summed E-state index contributed by atoms with van der Waals surface area (Å²) in [5, 5.41) is 11.7. The maximum absolute atomic E-state index is 10.4. The quantitative estimate of drug-likeness (QED) is 0.775. The molecule has 2 N–H and O–H groups in total. The van der Waals surface area contributed by atoms with Gasteiger partial charge in [0.15, 0.2) is 0 Å². The van der Waals surface area contributed by atoms with Crippen LogP contribution < -0.4 is 5.32 Å². The summed E-state index contributed by atoms with van der Waals surface area (Å²) in [5.74, 6) is -0.765. The van der Waals surface area contributed by atoms with E-state index in [0.717, 1.165) is 0 Å². The summed E-state index contributed by atoms with van der Waals surface area (Å²) < 4.78 is 0. The molecule has 0 heterocycles. The standard InChI is InChI=1S/C12H17NO2/c1-9-3-5-11(6-4-9)8-13-10(2)7-12(14)15/h3-6,10,13H,7-8H2,1-2H3,(H,14,15)/t10-/m0/s1. The number of hydrogen-bond acceptors (Lipinski definition) is 2. The number of carboxylic acid groups (broad SMARTS) is 1. The Labute approximate surface area is 90.1 Å². The number of carboxylic acids is 1. The maximum Gasteiger partial charge on any atom is 0.304 e. The fourth-order valence-electron chi connectivity index (χ4n) is 1.33. The molecule has 0 saturated heterocycles. The van der Waals surface area contributed by atoms with Crippen molar-refractivity contribution in [1.29, 1.82) is 0 Å². The van der Waals surface area contributed by atoms with Gasteiger partial charge in [-0.3, -0.25) is 4.79 Å². The van der Waals surface area contributed by atoms with Gasteiger partial charge >= 0.3 is 5.97 Å². The van der Waals surface area contributed by atoms with Crippen LogP contribution in [0.3, 0.4) is 0 Å². The highest BCUT2D eigenvalue weighted by molar-refractivity contribution is 5.67. The fourth-order valence-corrected chi connectivity index (χ4v) is 1.33. The number of hydrogen-bond donors (Lipinski definition) is 2. The average Bonchev–Trinajstić information content (AvgIpc) is 2.16. The van der Waals surface area contributed by atoms with Crippen LogP contribution in [0, 0.1) is 6.92 Å². The molecule has 1 aromatic carbocycles. The zero-order valence-electron chi connectivity index (χ0n) is 9.16. The third-order valence-corrected chi connectivity index (χ3v) is 2.26. The van der Waals surface area contributed by atoms with Crippen molar-refractivity contribution < 1.29 is 9.90 Å². The van der Waals surface area contributed by atoms with Gasteiger partial charge in [-0.2, -0.15) is 0 Å². The van der Waals surface area contributed by atoms with E-state index in [-0.39, 0.29) is 12.5 Å². The largest absolute Gasteiger partial charge is 0.481 e. The number of aryl methyl sites for hydroxylation is 1.